The van der Waals surface area contributed by atoms with E-state index in [4.69, 9.17) is 9.84 Å². The highest BCUT2D eigenvalue weighted by atomic mass is 16.7. The van der Waals surface area contributed by atoms with E-state index < -0.39 is 18.0 Å². The number of aliphatic hydroxyl groups excluding tert-OH is 1. The highest BCUT2D eigenvalue weighted by molar-refractivity contribution is 6.00. The van der Waals surface area contributed by atoms with Gasteiger partial charge in [-0.2, -0.15) is 0 Å². The third kappa shape index (κ3) is 6.13. The molecule has 2 N–H and O–H groups in total. The first kappa shape index (κ1) is 22.1. The van der Waals surface area contributed by atoms with E-state index in [0.29, 0.717) is 11.1 Å². The summed E-state index contributed by atoms with van der Waals surface area (Å²) >= 11 is 0. The minimum Gasteiger partial charge on any atom is -0.460 e. The lowest BCUT2D eigenvalue weighted by Crippen LogP contribution is -2.35. The molecule has 2 aromatic carbocycles. The predicted octanol–water partition coefficient (Wildman–Crippen LogP) is 2.24. The number of ketones is 1. The second-order valence-electron chi connectivity index (χ2n) is 6.31. The van der Waals surface area contributed by atoms with E-state index in [1.807, 2.05) is 11.9 Å². The topological polar surface area (TPSA) is 105 Å². The summed E-state index contributed by atoms with van der Waals surface area (Å²) in [4.78, 5) is 41.5. The van der Waals surface area contributed by atoms with Crippen molar-refractivity contribution in [2.75, 3.05) is 25.2 Å². The molecule has 8 nitrogen and oxygen atoms in total. The van der Waals surface area contributed by atoms with Crippen LogP contribution in [-0.2, 0) is 14.4 Å². The Balaban J connectivity index is 2.04. The zero-order chi connectivity index (χ0) is 21.4. The molecule has 0 amide bonds. The average Bonchev–Trinajstić information content (AvgIpc) is 2.74. The zero-order valence-corrected chi connectivity index (χ0v) is 16.5. The summed E-state index contributed by atoms with van der Waals surface area (Å²) in [6, 6.07) is 13.2. The van der Waals surface area contributed by atoms with Crippen molar-refractivity contribution < 1.29 is 29.1 Å². The lowest BCUT2D eigenvalue weighted by Gasteiger charge is -2.20. The maximum absolute atomic E-state index is 12.4. The highest BCUT2D eigenvalue weighted by Gasteiger charge is 2.16. The number of aliphatic hydroxyl groups is 1. The minimum atomic E-state index is -0.666. The number of rotatable bonds is 9. The fraction of sp³-hybridized carbons (Fsp3) is 0.286. The van der Waals surface area contributed by atoms with Crippen molar-refractivity contribution in [3.05, 3.63) is 59.7 Å². The Morgan fingerprint density at radius 3 is 2.00 bits per heavy atom. The molecule has 0 aromatic heterocycles. The van der Waals surface area contributed by atoms with Crippen LogP contribution >= 0.6 is 0 Å². The molecule has 0 bridgehead atoms. The van der Waals surface area contributed by atoms with Crippen LogP contribution in [0.2, 0.25) is 0 Å². The molecule has 1 unspecified atom stereocenters. The monoisotopic (exact) mass is 400 g/mol. The number of carbonyl (C=O) groups excluding carboxylic acids is 3. The first-order chi connectivity index (χ1) is 13.8. The van der Waals surface area contributed by atoms with Crippen LogP contribution in [0.3, 0.4) is 0 Å². The second kappa shape index (κ2) is 10.4. The Kier molecular flexibility index (Phi) is 7.88. The van der Waals surface area contributed by atoms with E-state index in [9.17, 15) is 14.4 Å². The molecular weight excluding hydrogens is 376 g/mol. The summed E-state index contributed by atoms with van der Waals surface area (Å²) in [7, 11) is 1.86. The summed E-state index contributed by atoms with van der Waals surface area (Å²) in [6.45, 7) is 2.60. The molecule has 0 fully saturated rings. The van der Waals surface area contributed by atoms with Crippen LogP contribution in [0.25, 0.3) is 0 Å². The van der Waals surface area contributed by atoms with Gasteiger partial charge in [0.15, 0.2) is 5.78 Å². The maximum atomic E-state index is 12.4. The molecule has 0 heterocycles. The van der Waals surface area contributed by atoms with Crippen molar-refractivity contribution in [1.29, 1.82) is 0 Å². The number of anilines is 2. The van der Waals surface area contributed by atoms with Crippen LogP contribution < -0.4 is 10.4 Å². The third-order valence-corrected chi connectivity index (χ3v) is 4.13. The van der Waals surface area contributed by atoms with Crippen molar-refractivity contribution in [1.82, 2.24) is 5.48 Å². The molecule has 29 heavy (non-hydrogen) atoms. The number of Topliss-reactive ketones (excluding diaryl/α,β-unsaturated/α-hetero) is 1. The van der Waals surface area contributed by atoms with Gasteiger partial charge >= 0.3 is 11.9 Å². The smallest absolute Gasteiger partial charge is 0.338 e. The van der Waals surface area contributed by atoms with Crippen LogP contribution in [-0.4, -0.2) is 49.1 Å². The van der Waals surface area contributed by atoms with Crippen molar-refractivity contribution in [2.45, 2.75) is 19.9 Å². The van der Waals surface area contributed by atoms with Gasteiger partial charge in [0.25, 0.3) is 0 Å². The summed E-state index contributed by atoms with van der Waals surface area (Å²) in [5.74, 6) is -1.21. The van der Waals surface area contributed by atoms with Crippen molar-refractivity contribution in [3.63, 3.8) is 0 Å². The normalized spacial score (nSPS) is 11.4. The third-order valence-electron chi connectivity index (χ3n) is 4.13. The number of ether oxygens (including phenoxy) is 1. The quantitative estimate of drug-likeness (QED) is 0.375. The molecule has 0 radical (unpaired) electrons. The Bertz CT molecular complexity index is 848. The van der Waals surface area contributed by atoms with Gasteiger partial charge in [0, 0.05) is 30.9 Å². The van der Waals surface area contributed by atoms with Gasteiger partial charge in [-0.05, 0) is 55.5 Å². The van der Waals surface area contributed by atoms with Gasteiger partial charge in [-0.15, -0.1) is 5.48 Å². The van der Waals surface area contributed by atoms with Gasteiger partial charge in [-0.1, -0.05) is 0 Å². The molecule has 8 heteroatoms. The van der Waals surface area contributed by atoms with Crippen molar-refractivity contribution in [3.8, 4) is 0 Å². The number of nitrogens with one attached hydrogen (secondary N) is 1. The lowest BCUT2D eigenvalue weighted by molar-refractivity contribution is -0.149. The van der Waals surface area contributed by atoms with E-state index in [0.717, 1.165) is 11.4 Å². The number of benzene rings is 2. The number of hydrogen-bond acceptors (Lipinski definition) is 8. The first-order valence-electron chi connectivity index (χ1n) is 9.02. The molecule has 0 spiro atoms. The Hall–Kier alpha value is -3.23. The number of carbonyl (C=O) groups is 3. The van der Waals surface area contributed by atoms with Crippen LogP contribution in [0.4, 0.5) is 11.4 Å². The van der Waals surface area contributed by atoms with Gasteiger partial charge in [-0.25, -0.2) is 4.79 Å². The summed E-state index contributed by atoms with van der Waals surface area (Å²) in [5.41, 5.74) is 4.97. The van der Waals surface area contributed by atoms with Crippen LogP contribution in [0, 0.1) is 0 Å². The SMILES string of the molecule is CC(=O)ONC(C)C(=O)c1ccc(N(C)c2ccc(C(=O)OCCO)cc2)cc1. The minimum absolute atomic E-state index is 0.0411. The van der Waals surface area contributed by atoms with Gasteiger partial charge in [0.05, 0.1) is 12.2 Å². The lowest BCUT2D eigenvalue weighted by atomic mass is 10.1. The second-order valence-corrected chi connectivity index (χ2v) is 6.31. The molecule has 0 aliphatic rings. The number of hydroxylamine groups is 1. The van der Waals surface area contributed by atoms with E-state index >= 15 is 0 Å². The van der Waals surface area contributed by atoms with Crippen molar-refractivity contribution >= 4 is 29.1 Å². The van der Waals surface area contributed by atoms with E-state index in [1.54, 1.807) is 55.5 Å². The van der Waals surface area contributed by atoms with E-state index in [1.165, 1.54) is 6.92 Å². The number of esters is 1. The van der Waals surface area contributed by atoms with Gasteiger partial charge in [0.1, 0.15) is 12.6 Å². The molecule has 0 aliphatic heterocycles. The first-order valence-corrected chi connectivity index (χ1v) is 9.02. The largest absolute Gasteiger partial charge is 0.460 e. The fourth-order valence-corrected chi connectivity index (χ4v) is 2.52. The summed E-state index contributed by atoms with van der Waals surface area (Å²) < 4.78 is 4.88. The molecule has 0 aliphatic carbocycles. The Labute approximate surface area is 169 Å². The Morgan fingerprint density at radius 1 is 1.00 bits per heavy atom. The number of nitrogens with zero attached hydrogens (tertiary/aromatic N) is 1. The molecule has 0 saturated heterocycles. The molecule has 2 aromatic rings. The summed E-state index contributed by atoms with van der Waals surface area (Å²) in [5, 5.41) is 8.71. The fourth-order valence-electron chi connectivity index (χ4n) is 2.52. The Morgan fingerprint density at radius 2 is 1.52 bits per heavy atom. The van der Waals surface area contributed by atoms with E-state index in [-0.39, 0.29) is 19.0 Å². The highest BCUT2D eigenvalue weighted by Crippen LogP contribution is 2.24. The molecule has 154 valence electrons. The van der Waals surface area contributed by atoms with Gasteiger partial charge < -0.3 is 19.6 Å². The van der Waals surface area contributed by atoms with E-state index in [2.05, 4.69) is 10.3 Å². The van der Waals surface area contributed by atoms with Gasteiger partial charge in [0.2, 0.25) is 0 Å². The molecular formula is C21H24N2O6. The van der Waals surface area contributed by atoms with Crippen LogP contribution in [0.5, 0.6) is 0 Å². The standard InChI is InChI=1S/C21H24N2O6/c1-14(22-29-15(2)25)20(26)16-4-8-18(9-5-16)23(3)19-10-6-17(7-11-19)21(27)28-13-12-24/h4-11,14,22,24H,12-13H2,1-3H3. The van der Waals surface area contributed by atoms with Crippen LogP contribution in [0.1, 0.15) is 34.6 Å². The van der Waals surface area contributed by atoms with Crippen molar-refractivity contribution in [2.24, 2.45) is 0 Å². The van der Waals surface area contributed by atoms with Gasteiger partial charge in [-0.3, -0.25) is 9.59 Å². The average molecular weight is 400 g/mol. The predicted molar refractivity (Wildman–Crippen MR) is 107 cm³/mol. The molecule has 2 rings (SSSR count). The molecule has 0 saturated carbocycles. The molecule has 1 atom stereocenters. The summed E-state index contributed by atoms with van der Waals surface area (Å²) in [6.07, 6.45) is 0. The number of hydrogen-bond donors (Lipinski definition) is 2. The maximum Gasteiger partial charge on any atom is 0.338 e. The zero-order valence-electron chi connectivity index (χ0n) is 16.5. The van der Waals surface area contributed by atoms with Crippen LogP contribution in [0.15, 0.2) is 48.5 Å².